The molecule has 0 aliphatic heterocycles. The Hall–Kier alpha value is -1.59. The first kappa shape index (κ1) is 54.2. The number of phenols is 2. The predicted octanol–water partition coefficient (Wildman–Crippen LogP) is 0.714. The number of aryl methyl sites for hydroxylation is 4. The molecule has 9 nitrogen and oxygen atoms in total. The summed E-state index contributed by atoms with van der Waals surface area (Å²) in [4.78, 5) is 33.0. The number of rotatable bonds is 21. The van der Waals surface area contributed by atoms with E-state index in [1.807, 2.05) is 18.2 Å². The van der Waals surface area contributed by atoms with E-state index in [2.05, 4.69) is 38.6 Å². The Morgan fingerprint density at radius 1 is 0.633 bits per heavy atom. The number of phenolic OH excluding ortho intramolecular Hbond substituents is 2. The van der Waals surface area contributed by atoms with E-state index in [0.29, 0.717) is 11.1 Å². The van der Waals surface area contributed by atoms with E-state index >= 15 is 0 Å². The van der Waals surface area contributed by atoms with Gasteiger partial charge in [-0.15, -0.1) is 0 Å². The summed E-state index contributed by atoms with van der Waals surface area (Å²) in [5.74, 6) is -1.70. The molecule has 2 rings (SSSR count). The smallest absolute Gasteiger partial charge is 0.662 e. The predicted molar refractivity (Wildman–Crippen MR) is 183 cm³/mol. The van der Waals surface area contributed by atoms with Crippen molar-refractivity contribution in [2.75, 3.05) is 0 Å². The Morgan fingerprint density at radius 3 is 1.22 bits per heavy atom. The summed E-state index contributed by atoms with van der Waals surface area (Å²) in [5.41, 5.74) is 5.13. The van der Waals surface area contributed by atoms with Crippen molar-refractivity contribution in [1.29, 1.82) is 0 Å². The molecule has 0 aliphatic carbocycles. The minimum Gasteiger partial charge on any atom is -0.662 e. The normalized spacial score (nSPS) is 9.65. The molecule has 0 amide bonds. The van der Waals surface area contributed by atoms with Crippen LogP contribution in [0, 0.1) is 0 Å². The number of carbonyl (C=O) groups excluding carboxylic acids is 2. The number of carboxylic acid groups (broad SMARTS) is 2. The monoisotopic (exact) mass is 706 g/mol. The molecule has 2 aromatic rings. The van der Waals surface area contributed by atoms with Gasteiger partial charge in [-0.1, -0.05) is 111 Å². The van der Waals surface area contributed by atoms with Crippen molar-refractivity contribution in [1.82, 2.24) is 0 Å². The van der Waals surface area contributed by atoms with Crippen molar-refractivity contribution in [2.24, 2.45) is 0 Å². The van der Waals surface area contributed by atoms with Crippen molar-refractivity contribution in [3.05, 3.63) is 57.6 Å². The summed E-state index contributed by atoms with van der Waals surface area (Å²) in [7, 11) is 0. The molecule has 0 heterocycles. The molecule has 0 aliphatic rings. The van der Waals surface area contributed by atoms with Gasteiger partial charge in [0.25, 0.3) is 6.47 Å². The Labute approximate surface area is 339 Å². The Morgan fingerprint density at radius 2 is 0.939 bits per heavy atom. The molecular weight excluding hydrogens is 646 g/mol. The number of carbonyl (C=O) groups is 3. The molecular formula is C38H60Na2O9. The second kappa shape index (κ2) is 34.8. The Bertz CT molecular complexity index is 1070. The fraction of sp³-hybridized carbons (Fsp3) is 0.605. The van der Waals surface area contributed by atoms with E-state index in [1.54, 1.807) is 0 Å². The first-order valence-corrected chi connectivity index (χ1v) is 16.9. The summed E-state index contributed by atoms with van der Waals surface area (Å²) in [6.45, 7) is 8.44. The van der Waals surface area contributed by atoms with Gasteiger partial charge in [-0.25, -0.2) is 0 Å². The average Bonchev–Trinajstić information content (AvgIpc) is 3.01. The van der Waals surface area contributed by atoms with Gasteiger partial charge in [0.15, 0.2) is 0 Å². The third-order valence-electron chi connectivity index (χ3n) is 7.61. The molecule has 0 fully saturated rings. The van der Waals surface area contributed by atoms with Crippen LogP contribution in [0.5, 0.6) is 11.5 Å². The summed E-state index contributed by atoms with van der Waals surface area (Å²) in [6, 6.07) is 7.79. The second-order valence-electron chi connectivity index (χ2n) is 11.7. The van der Waals surface area contributed by atoms with Crippen LogP contribution in [0.3, 0.4) is 0 Å². The minimum atomic E-state index is -1.14. The van der Waals surface area contributed by atoms with Crippen LogP contribution in [0.2, 0.25) is 0 Å². The van der Waals surface area contributed by atoms with Crippen molar-refractivity contribution >= 4 is 18.4 Å². The molecule has 3 N–H and O–H groups in total. The van der Waals surface area contributed by atoms with E-state index in [0.717, 1.165) is 106 Å². The maximum atomic E-state index is 11.0. The van der Waals surface area contributed by atoms with Gasteiger partial charge in [0.05, 0.1) is 6.42 Å². The standard InChI is InChI=1S/2C18H28O3.CH2O3.CH4.2Na/c2*1-3-5-7-9-14-11-15(10-8-6-4-2)18(21)16(12-14)13-17(19)20;2-1-4-3;;;/h2*11-12,21H,3-10,13H2,1-2H3,(H,19,20);1,3H;1H4;;/q;;;;2*+1/p-2. The van der Waals surface area contributed by atoms with Crippen LogP contribution in [0.25, 0.3) is 0 Å². The molecule has 11 heteroatoms. The van der Waals surface area contributed by atoms with E-state index < -0.39 is 11.9 Å². The molecule has 0 spiro atoms. The summed E-state index contributed by atoms with van der Waals surface area (Å²) >= 11 is 0. The molecule has 0 unspecified atom stereocenters. The SMILES string of the molecule is C.CCCCCc1cc(CCCCC)c(O)c(CC(=O)O)c1.CCCCCc1cc(CCCCC)c(O)c(CC(=O)[O-])c1.O=CO[O-].[Na+].[Na+]. The quantitative estimate of drug-likeness (QED) is 0.0557. The number of hydrogen-bond acceptors (Lipinski definition) is 8. The molecule has 0 atom stereocenters. The van der Waals surface area contributed by atoms with Crippen molar-refractivity contribution in [3.63, 3.8) is 0 Å². The van der Waals surface area contributed by atoms with E-state index in [-0.39, 0.29) is 97.4 Å². The van der Waals surface area contributed by atoms with Gasteiger partial charge < -0.3 is 35.4 Å². The zero-order valence-electron chi connectivity index (χ0n) is 30.4. The van der Waals surface area contributed by atoms with Crippen LogP contribution in [-0.2, 0) is 57.8 Å². The summed E-state index contributed by atoms with van der Waals surface area (Å²) in [6.07, 6.45) is 16.7. The zero-order chi connectivity index (χ0) is 34.7. The third-order valence-corrected chi connectivity index (χ3v) is 7.61. The number of hydrogen-bond donors (Lipinski definition) is 3. The molecule has 0 radical (unpaired) electrons. The molecule has 0 bridgehead atoms. The van der Waals surface area contributed by atoms with Crippen molar-refractivity contribution in [2.45, 2.75) is 151 Å². The van der Waals surface area contributed by atoms with Gasteiger partial charge >= 0.3 is 65.1 Å². The number of carboxylic acids is 2. The van der Waals surface area contributed by atoms with Gasteiger partial charge in [-0.2, -0.15) is 0 Å². The van der Waals surface area contributed by atoms with E-state index in [4.69, 9.17) is 15.2 Å². The van der Waals surface area contributed by atoms with Gasteiger partial charge in [-0.3, -0.25) is 9.59 Å². The van der Waals surface area contributed by atoms with Crippen molar-refractivity contribution in [3.8, 4) is 11.5 Å². The maximum absolute atomic E-state index is 11.0. The van der Waals surface area contributed by atoms with Crippen molar-refractivity contribution < 1.29 is 104 Å². The van der Waals surface area contributed by atoms with Gasteiger partial charge in [-0.05, 0) is 73.6 Å². The van der Waals surface area contributed by atoms with E-state index in [9.17, 15) is 24.9 Å². The van der Waals surface area contributed by atoms with E-state index in [1.165, 1.54) is 19.3 Å². The number of aliphatic carboxylic acids is 2. The van der Waals surface area contributed by atoms with Gasteiger partial charge in [0, 0.05) is 23.5 Å². The van der Waals surface area contributed by atoms with Gasteiger partial charge in [0.1, 0.15) is 11.5 Å². The van der Waals surface area contributed by atoms with Crippen LogP contribution in [0.1, 0.15) is 146 Å². The summed E-state index contributed by atoms with van der Waals surface area (Å²) < 4.78 is 0. The Kier molecular flexibility index (Phi) is 38.5. The molecule has 2 aromatic carbocycles. The average molecular weight is 707 g/mol. The van der Waals surface area contributed by atoms with Crippen LogP contribution < -0.4 is 69.5 Å². The topological polar surface area (TPSA) is 167 Å². The van der Waals surface area contributed by atoms with Crippen LogP contribution >= 0.6 is 0 Å². The molecule has 0 aromatic heterocycles. The van der Waals surface area contributed by atoms with Crippen LogP contribution in [0.15, 0.2) is 24.3 Å². The fourth-order valence-electron chi connectivity index (χ4n) is 5.21. The molecule has 268 valence electrons. The van der Waals surface area contributed by atoms with Gasteiger partial charge in [0.2, 0.25) is 0 Å². The third kappa shape index (κ3) is 25.9. The minimum absolute atomic E-state index is 0. The largest absolute Gasteiger partial charge is 1.00 e. The Balaban J connectivity index is -0.000000352. The number of aromatic hydroxyl groups is 2. The molecule has 49 heavy (non-hydrogen) atoms. The first-order valence-electron chi connectivity index (χ1n) is 16.9. The molecule has 0 saturated heterocycles. The van der Waals surface area contributed by atoms with Crippen LogP contribution in [0.4, 0.5) is 0 Å². The fourth-order valence-corrected chi connectivity index (χ4v) is 5.21. The number of benzene rings is 2. The first-order chi connectivity index (χ1) is 22.1. The summed E-state index contributed by atoms with van der Waals surface area (Å²) in [5, 5.41) is 48.8. The molecule has 0 saturated carbocycles. The zero-order valence-corrected chi connectivity index (χ0v) is 34.4. The maximum Gasteiger partial charge on any atom is 1.00 e. The van der Waals surface area contributed by atoms with Crippen LogP contribution in [-0.4, -0.2) is 33.7 Å². The second-order valence-corrected chi connectivity index (χ2v) is 11.7. The number of unbranched alkanes of at least 4 members (excludes halogenated alkanes) is 8.